The van der Waals surface area contributed by atoms with Gasteiger partial charge < -0.3 is 30.3 Å². The molecule has 0 radical (unpaired) electrons. The Hall–Kier alpha value is -4.15. The van der Waals surface area contributed by atoms with Crippen LogP contribution in [0.4, 0.5) is 9.59 Å². The molecule has 246 valence electrons. The Morgan fingerprint density at radius 1 is 0.889 bits per heavy atom. The second kappa shape index (κ2) is 16.2. The minimum atomic E-state index is -0.895. The van der Waals surface area contributed by atoms with Crippen LogP contribution in [0.3, 0.4) is 0 Å². The molecular formula is C34H49N5O6. The predicted octanol–water partition coefficient (Wildman–Crippen LogP) is 5.06. The van der Waals surface area contributed by atoms with Crippen molar-refractivity contribution in [3.05, 3.63) is 66.0 Å². The van der Waals surface area contributed by atoms with Crippen molar-refractivity contribution in [2.45, 2.75) is 109 Å². The van der Waals surface area contributed by atoms with Crippen molar-refractivity contribution in [1.29, 1.82) is 0 Å². The van der Waals surface area contributed by atoms with Gasteiger partial charge in [0.25, 0.3) is 0 Å². The third kappa shape index (κ3) is 12.4. The molecule has 1 saturated heterocycles. The first-order chi connectivity index (χ1) is 21.2. The van der Waals surface area contributed by atoms with Gasteiger partial charge in [0, 0.05) is 31.4 Å². The number of nitrogens with one attached hydrogen (secondary N) is 3. The van der Waals surface area contributed by atoms with Gasteiger partial charge in [-0.3, -0.25) is 14.6 Å². The van der Waals surface area contributed by atoms with Crippen molar-refractivity contribution >= 4 is 24.0 Å². The fourth-order valence-corrected chi connectivity index (χ4v) is 5.12. The number of hydrogen-bond acceptors (Lipinski definition) is 7. The molecule has 2 aromatic rings. The highest BCUT2D eigenvalue weighted by atomic mass is 16.6. The van der Waals surface area contributed by atoms with Gasteiger partial charge in [0.1, 0.15) is 23.3 Å². The SMILES string of the molecule is CC(C)(C)OC(=O)NCCCC[C@H](NC(=O)OC(C)(C)C)C(=O)N1CCCC1C(=O)N[C@@H](Cc1ccccn1)c1ccccc1. The number of amides is 4. The van der Waals surface area contributed by atoms with E-state index >= 15 is 0 Å². The quantitative estimate of drug-likeness (QED) is 0.281. The molecule has 45 heavy (non-hydrogen) atoms. The fraction of sp³-hybridized carbons (Fsp3) is 0.559. The molecule has 1 aromatic carbocycles. The zero-order valence-electron chi connectivity index (χ0n) is 27.4. The summed E-state index contributed by atoms with van der Waals surface area (Å²) >= 11 is 0. The molecule has 2 heterocycles. The first-order valence-corrected chi connectivity index (χ1v) is 15.7. The molecule has 0 bridgehead atoms. The van der Waals surface area contributed by atoms with E-state index in [1.165, 1.54) is 0 Å². The highest BCUT2D eigenvalue weighted by Gasteiger charge is 2.38. The summed E-state index contributed by atoms with van der Waals surface area (Å²) in [6, 6.07) is 13.5. The lowest BCUT2D eigenvalue weighted by Gasteiger charge is -2.30. The van der Waals surface area contributed by atoms with E-state index in [-0.39, 0.29) is 17.9 Å². The highest BCUT2D eigenvalue weighted by Crippen LogP contribution is 2.23. The predicted molar refractivity (Wildman–Crippen MR) is 171 cm³/mol. The molecule has 3 N–H and O–H groups in total. The summed E-state index contributed by atoms with van der Waals surface area (Å²) in [5, 5.41) is 8.62. The number of carbonyl (C=O) groups excluding carboxylic acids is 4. The normalized spacial score (nSPS) is 16.3. The van der Waals surface area contributed by atoms with Crippen molar-refractivity contribution in [2.75, 3.05) is 13.1 Å². The number of benzene rings is 1. The summed E-state index contributed by atoms with van der Waals surface area (Å²) in [5.41, 5.74) is 0.438. The number of aromatic nitrogens is 1. The monoisotopic (exact) mass is 623 g/mol. The maximum Gasteiger partial charge on any atom is 0.408 e. The second-order valence-corrected chi connectivity index (χ2v) is 13.3. The molecule has 0 spiro atoms. The first-order valence-electron chi connectivity index (χ1n) is 15.7. The minimum Gasteiger partial charge on any atom is -0.444 e. The van der Waals surface area contributed by atoms with E-state index in [1.807, 2.05) is 48.5 Å². The van der Waals surface area contributed by atoms with Crippen LogP contribution in [0, 0.1) is 0 Å². The summed E-state index contributed by atoms with van der Waals surface area (Å²) in [6.45, 7) is 11.4. The van der Waals surface area contributed by atoms with Crippen LogP contribution in [0.1, 0.15) is 90.9 Å². The number of hydrogen-bond donors (Lipinski definition) is 3. The van der Waals surface area contributed by atoms with Crippen LogP contribution in [-0.2, 0) is 25.5 Å². The van der Waals surface area contributed by atoms with Gasteiger partial charge in [-0.25, -0.2) is 9.59 Å². The number of pyridine rings is 1. The molecule has 1 aliphatic rings. The van der Waals surface area contributed by atoms with Gasteiger partial charge in [0.05, 0.1) is 6.04 Å². The van der Waals surface area contributed by atoms with Crippen LogP contribution in [0.2, 0.25) is 0 Å². The summed E-state index contributed by atoms with van der Waals surface area (Å²) in [4.78, 5) is 58.4. The summed E-state index contributed by atoms with van der Waals surface area (Å²) < 4.78 is 10.7. The van der Waals surface area contributed by atoms with Gasteiger partial charge in [0.2, 0.25) is 11.8 Å². The van der Waals surface area contributed by atoms with Crippen molar-refractivity contribution in [1.82, 2.24) is 25.8 Å². The summed E-state index contributed by atoms with van der Waals surface area (Å²) in [7, 11) is 0. The van der Waals surface area contributed by atoms with Gasteiger partial charge in [0.15, 0.2) is 0 Å². The summed E-state index contributed by atoms with van der Waals surface area (Å²) in [5.74, 6) is -0.581. The Morgan fingerprint density at radius 2 is 1.56 bits per heavy atom. The van der Waals surface area contributed by atoms with Gasteiger partial charge in [-0.15, -0.1) is 0 Å². The largest absolute Gasteiger partial charge is 0.444 e. The van der Waals surface area contributed by atoms with Gasteiger partial charge in [-0.05, 0) is 91.3 Å². The Morgan fingerprint density at radius 3 is 2.20 bits per heavy atom. The average Bonchev–Trinajstić information content (AvgIpc) is 3.45. The number of nitrogens with zero attached hydrogens (tertiary/aromatic N) is 2. The van der Waals surface area contributed by atoms with Crippen LogP contribution in [0.5, 0.6) is 0 Å². The average molecular weight is 624 g/mol. The molecule has 1 aliphatic heterocycles. The smallest absolute Gasteiger partial charge is 0.408 e. The second-order valence-electron chi connectivity index (χ2n) is 13.3. The third-order valence-corrected chi connectivity index (χ3v) is 7.07. The Kier molecular flexibility index (Phi) is 12.8. The number of alkyl carbamates (subject to hydrolysis) is 2. The van der Waals surface area contributed by atoms with Crippen molar-refractivity contribution in [3.63, 3.8) is 0 Å². The van der Waals surface area contributed by atoms with E-state index in [1.54, 1.807) is 52.6 Å². The number of likely N-dealkylation sites (tertiary alicyclic amines) is 1. The van der Waals surface area contributed by atoms with Crippen LogP contribution < -0.4 is 16.0 Å². The third-order valence-electron chi connectivity index (χ3n) is 7.07. The molecule has 1 fully saturated rings. The molecule has 1 unspecified atom stereocenters. The van der Waals surface area contributed by atoms with Crippen LogP contribution in [-0.4, -0.2) is 70.3 Å². The van der Waals surface area contributed by atoms with Crippen molar-refractivity contribution < 1.29 is 28.7 Å². The van der Waals surface area contributed by atoms with E-state index in [0.29, 0.717) is 51.6 Å². The lowest BCUT2D eigenvalue weighted by Crippen LogP contribution is -2.54. The molecule has 3 atom stereocenters. The Labute approximate surface area is 266 Å². The maximum atomic E-state index is 13.9. The maximum absolute atomic E-state index is 13.9. The lowest BCUT2D eigenvalue weighted by atomic mass is 10.0. The standard InChI is InChI=1S/C34H49N5O6/c1-33(2,3)44-31(42)36-21-13-11-18-26(38-32(43)45-34(4,5)6)30(41)39-22-14-19-28(39)29(40)37-27(24-15-8-7-9-16-24)23-25-17-10-12-20-35-25/h7-10,12,15-17,20,26-28H,11,13-14,18-19,21-23H2,1-6H3,(H,36,42)(H,37,40)(H,38,43)/t26-,27-,28?/m0/s1. The van der Waals surface area contributed by atoms with Gasteiger partial charge in [-0.2, -0.15) is 0 Å². The number of ether oxygens (including phenoxy) is 2. The van der Waals surface area contributed by atoms with Crippen LogP contribution in [0.25, 0.3) is 0 Å². The molecule has 11 heteroatoms. The number of carbonyl (C=O) groups is 4. The van der Waals surface area contributed by atoms with Gasteiger partial charge >= 0.3 is 12.2 Å². The molecule has 0 saturated carbocycles. The Balaban J connectivity index is 1.69. The number of unbranched alkanes of at least 4 members (excludes halogenated alkanes) is 1. The van der Waals surface area contributed by atoms with E-state index < -0.39 is 35.5 Å². The van der Waals surface area contributed by atoms with Crippen molar-refractivity contribution in [2.24, 2.45) is 0 Å². The molecule has 11 nitrogen and oxygen atoms in total. The van der Waals surface area contributed by atoms with E-state index in [4.69, 9.17) is 9.47 Å². The molecule has 0 aliphatic carbocycles. The van der Waals surface area contributed by atoms with Crippen molar-refractivity contribution in [3.8, 4) is 0 Å². The van der Waals surface area contributed by atoms with E-state index in [0.717, 1.165) is 11.3 Å². The molecule has 3 rings (SSSR count). The Bertz CT molecular complexity index is 1260. The lowest BCUT2D eigenvalue weighted by molar-refractivity contribution is -0.140. The molecule has 1 aromatic heterocycles. The first kappa shape index (κ1) is 35.3. The van der Waals surface area contributed by atoms with Crippen LogP contribution >= 0.6 is 0 Å². The minimum absolute atomic E-state index is 0.247. The van der Waals surface area contributed by atoms with Gasteiger partial charge in [-0.1, -0.05) is 36.4 Å². The van der Waals surface area contributed by atoms with E-state index in [9.17, 15) is 19.2 Å². The van der Waals surface area contributed by atoms with Crippen LogP contribution in [0.15, 0.2) is 54.7 Å². The zero-order valence-corrected chi connectivity index (χ0v) is 27.4. The number of rotatable bonds is 12. The summed E-state index contributed by atoms with van der Waals surface area (Å²) in [6.07, 6.45) is 3.60. The zero-order chi connectivity index (χ0) is 33.0. The molecule has 4 amide bonds. The topological polar surface area (TPSA) is 139 Å². The molecular weight excluding hydrogens is 574 g/mol. The fourth-order valence-electron chi connectivity index (χ4n) is 5.12. The highest BCUT2D eigenvalue weighted by molar-refractivity contribution is 5.92. The van der Waals surface area contributed by atoms with E-state index in [2.05, 4.69) is 20.9 Å².